The van der Waals surface area contributed by atoms with Crippen molar-refractivity contribution in [3.8, 4) is 0 Å². The molecule has 0 amide bonds. The largest absolute Gasteiger partial charge is 0.398 e. The zero-order valence-electron chi connectivity index (χ0n) is 10.7. The Morgan fingerprint density at radius 1 is 1.17 bits per heavy atom. The highest BCUT2D eigenvalue weighted by Gasteiger charge is 2.18. The molecule has 0 spiro atoms. The fraction of sp³-hybridized carbons (Fsp3) is 0.250. The summed E-state index contributed by atoms with van der Waals surface area (Å²) in [5.74, 6) is 0. The minimum absolute atomic E-state index is 0.902. The average molecular weight is 238 g/mol. The molecule has 0 aromatic heterocycles. The molecule has 92 valence electrons. The van der Waals surface area contributed by atoms with Gasteiger partial charge in [0.15, 0.2) is 0 Å². The Bertz CT molecular complexity index is 575. The topological polar surface area (TPSA) is 29.3 Å². The van der Waals surface area contributed by atoms with Crippen LogP contribution in [0.4, 0.5) is 11.4 Å². The smallest absolute Gasteiger partial charge is 0.0450 e. The van der Waals surface area contributed by atoms with E-state index in [4.69, 9.17) is 5.73 Å². The Kier molecular flexibility index (Phi) is 2.71. The van der Waals surface area contributed by atoms with Gasteiger partial charge in [-0.25, -0.2) is 0 Å². The second-order valence-corrected chi connectivity index (χ2v) is 5.00. The molecule has 2 aromatic rings. The summed E-state index contributed by atoms with van der Waals surface area (Å²) in [5, 5.41) is 0. The molecule has 2 aromatic carbocycles. The summed E-state index contributed by atoms with van der Waals surface area (Å²) in [6.45, 7) is 4.07. The number of anilines is 2. The van der Waals surface area contributed by atoms with Crippen molar-refractivity contribution in [2.75, 3.05) is 17.2 Å². The molecule has 3 rings (SSSR count). The second kappa shape index (κ2) is 4.37. The van der Waals surface area contributed by atoms with Gasteiger partial charge in [0.25, 0.3) is 0 Å². The van der Waals surface area contributed by atoms with E-state index >= 15 is 0 Å². The van der Waals surface area contributed by atoms with Crippen LogP contribution in [0.5, 0.6) is 0 Å². The van der Waals surface area contributed by atoms with Gasteiger partial charge in [0.05, 0.1) is 0 Å². The fourth-order valence-electron chi connectivity index (χ4n) is 2.63. The molecule has 0 saturated heterocycles. The Hall–Kier alpha value is -1.96. The van der Waals surface area contributed by atoms with Crippen LogP contribution in [0.15, 0.2) is 42.5 Å². The first-order valence-corrected chi connectivity index (χ1v) is 6.42. The maximum absolute atomic E-state index is 6.09. The van der Waals surface area contributed by atoms with Gasteiger partial charge in [-0.1, -0.05) is 30.3 Å². The van der Waals surface area contributed by atoms with Gasteiger partial charge in [0, 0.05) is 24.5 Å². The van der Waals surface area contributed by atoms with Crippen molar-refractivity contribution in [2.45, 2.75) is 19.9 Å². The van der Waals surface area contributed by atoms with E-state index in [-0.39, 0.29) is 0 Å². The average Bonchev–Trinajstić information content (AvgIpc) is 2.76. The van der Waals surface area contributed by atoms with E-state index in [2.05, 4.69) is 54.3 Å². The van der Waals surface area contributed by atoms with Crippen molar-refractivity contribution in [3.05, 3.63) is 59.2 Å². The minimum atomic E-state index is 0.902. The van der Waals surface area contributed by atoms with Crippen molar-refractivity contribution < 1.29 is 0 Å². The first-order chi connectivity index (χ1) is 8.74. The monoisotopic (exact) mass is 238 g/mol. The van der Waals surface area contributed by atoms with Crippen molar-refractivity contribution in [2.24, 2.45) is 0 Å². The summed E-state index contributed by atoms with van der Waals surface area (Å²) >= 11 is 0. The van der Waals surface area contributed by atoms with Crippen LogP contribution in [0.3, 0.4) is 0 Å². The molecule has 2 heteroatoms. The molecule has 2 N–H and O–H groups in total. The standard InChI is InChI=1S/C16H18N2/c1-12-6-7-14(15(17)10-12)11-18-9-8-13-4-2-3-5-16(13)18/h2-7,10H,8-9,11,17H2,1H3. The Labute approximate surface area is 108 Å². The molecule has 2 nitrogen and oxygen atoms in total. The van der Waals surface area contributed by atoms with Crippen LogP contribution in [0.2, 0.25) is 0 Å². The van der Waals surface area contributed by atoms with Crippen LogP contribution in [0, 0.1) is 6.92 Å². The van der Waals surface area contributed by atoms with Gasteiger partial charge < -0.3 is 10.6 Å². The lowest BCUT2D eigenvalue weighted by molar-refractivity contribution is 0.837. The molecule has 0 unspecified atom stereocenters. The highest BCUT2D eigenvalue weighted by molar-refractivity contribution is 5.59. The fourth-order valence-corrected chi connectivity index (χ4v) is 2.63. The summed E-state index contributed by atoms with van der Waals surface area (Å²) in [6, 6.07) is 15.0. The van der Waals surface area contributed by atoms with Gasteiger partial charge in [-0.3, -0.25) is 0 Å². The first-order valence-electron chi connectivity index (χ1n) is 6.42. The van der Waals surface area contributed by atoms with Crippen LogP contribution in [0.1, 0.15) is 16.7 Å². The third kappa shape index (κ3) is 1.94. The molecule has 1 aliphatic rings. The van der Waals surface area contributed by atoms with Gasteiger partial charge in [-0.15, -0.1) is 0 Å². The molecular weight excluding hydrogens is 220 g/mol. The van der Waals surface area contributed by atoms with Crippen molar-refractivity contribution in [1.82, 2.24) is 0 Å². The van der Waals surface area contributed by atoms with Crippen molar-refractivity contribution in [3.63, 3.8) is 0 Å². The SMILES string of the molecule is Cc1ccc(CN2CCc3ccccc32)c(N)c1. The summed E-state index contributed by atoms with van der Waals surface area (Å²) in [7, 11) is 0. The molecule has 0 saturated carbocycles. The number of benzene rings is 2. The maximum Gasteiger partial charge on any atom is 0.0450 e. The summed E-state index contributed by atoms with van der Waals surface area (Å²) in [6.07, 6.45) is 1.14. The second-order valence-electron chi connectivity index (χ2n) is 5.00. The Morgan fingerprint density at radius 3 is 2.83 bits per heavy atom. The van der Waals surface area contributed by atoms with Gasteiger partial charge >= 0.3 is 0 Å². The maximum atomic E-state index is 6.09. The van der Waals surface area contributed by atoms with Crippen molar-refractivity contribution >= 4 is 11.4 Å². The highest BCUT2D eigenvalue weighted by atomic mass is 15.1. The molecule has 0 fully saturated rings. The number of nitrogen functional groups attached to an aromatic ring is 1. The molecular formula is C16H18N2. The summed E-state index contributed by atoms with van der Waals surface area (Å²) in [4.78, 5) is 2.41. The number of hydrogen-bond donors (Lipinski definition) is 1. The molecule has 0 bridgehead atoms. The van der Waals surface area contributed by atoms with Crippen LogP contribution in [0.25, 0.3) is 0 Å². The molecule has 1 heterocycles. The Balaban J connectivity index is 1.86. The van der Waals surface area contributed by atoms with Crippen LogP contribution in [-0.4, -0.2) is 6.54 Å². The number of rotatable bonds is 2. The van der Waals surface area contributed by atoms with E-state index < -0.39 is 0 Å². The van der Waals surface area contributed by atoms with Crippen LogP contribution >= 0.6 is 0 Å². The number of nitrogens with zero attached hydrogens (tertiary/aromatic N) is 1. The van der Waals surface area contributed by atoms with Crippen molar-refractivity contribution in [1.29, 1.82) is 0 Å². The molecule has 18 heavy (non-hydrogen) atoms. The normalized spacial score (nSPS) is 13.7. The third-order valence-electron chi connectivity index (χ3n) is 3.65. The number of nitrogens with two attached hydrogens (primary N) is 1. The first kappa shape index (κ1) is 11.1. The van der Waals surface area contributed by atoms with Gasteiger partial charge in [0.2, 0.25) is 0 Å². The van der Waals surface area contributed by atoms with Gasteiger partial charge in [0.1, 0.15) is 0 Å². The van der Waals surface area contributed by atoms with E-state index in [0.29, 0.717) is 0 Å². The minimum Gasteiger partial charge on any atom is -0.398 e. The number of fused-ring (bicyclic) bond motifs is 1. The number of aryl methyl sites for hydroxylation is 1. The van der Waals surface area contributed by atoms with E-state index in [0.717, 1.165) is 25.2 Å². The molecule has 0 aliphatic carbocycles. The van der Waals surface area contributed by atoms with Gasteiger partial charge in [-0.2, -0.15) is 0 Å². The van der Waals surface area contributed by atoms with Crippen LogP contribution < -0.4 is 10.6 Å². The lowest BCUT2D eigenvalue weighted by Gasteiger charge is -2.20. The van der Waals surface area contributed by atoms with E-state index in [1.165, 1.54) is 22.4 Å². The molecule has 1 aliphatic heterocycles. The lowest BCUT2D eigenvalue weighted by atomic mass is 10.1. The lowest BCUT2D eigenvalue weighted by Crippen LogP contribution is -2.20. The highest BCUT2D eigenvalue weighted by Crippen LogP contribution is 2.29. The quantitative estimate of drug-likeness (QED) is 0.814. The zero-order valence-corrected chi connectivity index (χ0v) is 10.7. The number of para-hydroxylation sites is 1. The van der Waals surface area contributed by atoms with E-state index in [9.17, 15) is 0 Å². The molecule has 0 atom stereocenters. The summed E-state index contributed by atoms with van der Waals surface area (Å²) in [5.41, 5.74) is 12.2. The Morgan fingerprint density at radius 2 is 2.00 bits per heavy atom. The van der Waals surface area contributed by atoms with Crippen LogP contribution in [-0.2, 0) is 13.0 Å². The number of hydrogen-bond acceptors (Lipinski definition) is 2. The van der Waals surface area contributed by atoms with E-state index in [1.807, 2.05) is 0 Å². The predicted octanol–water partition coefficient (Wildman–Crippen LogP) is 3.14. The van der Waals surface area contributed by atoms with E-state index in [1.54, 1.807) is 0 Å². The van der Waals surface area contributed by atoms with Gasteiger partial charge in [-0.05, 0) is 42.2 Å². The molecule has 0 radical (unpaired) electrons. The zero-order chi connectivity index (χ0) is 12.5. The third-order valence-corrected chi connectivity index (χ3v) is 3.65. The predicted molar refractivity (Wildman–Crippen MR) is 76.8 cm³/mol. The summed E-state index contributed by atoms with van der Waals surface area (Å²) < 4.78 is 0.